The van der Waals surface area contributed by atoms with Gasteiger partial charge in [0.1, 0.15) is 0 Å². The van der Waals surface area contributed by atoms with E-state index in [0.717, 1.165) is 0 Å². The molecule has 0 radical (unpaired) electrons. The summed E-state index contributed by atoms with van der Waals surface area (Å²) in [5, 5.41) is 14.6. The molecule has 1 aromatic rings. The van der Waals surface area contributed by atoms with E-state index >= 15 is 0 Å². The fraction of sp³-hybridized carbons (Fsp3) is 0.429. The van der Waals surface area contributed by atoms with Crippen molar-refractivity contribution >= 4 is 49.5 Å². The topological polar surface area (TPSA) is 78.4 Å². The molecule has 0 aliphatic heterocycles. The Bertz CT molecular complexity index is 574. The van der Waals surface area contributed by atoms with Crippen LogP contribution in [-0.4, -0.2) is 23.7 Å². The molecule has 21 heavy (non-hydrogen) atoms. The first-order valence-corrected chi connectivity index (χ1v) is 8.24. The summed E-state index contributed by atoms with van der Waals surface area (Å²) >= 11 is 6.50. The normalized spacial score (nSPS) is 15.4. The number of halogens is 2. The van der Waals surface area contributed by atoms with E-state index in [0.29, 0.717) is 27.3 Å². The quantitative estimate of drug-likeness (QED) is 0.672. The summed E-state index contributed by atoms with van der Waals surface area (Å²) in [6.45, 7) is 2.70. The van der Waals surface area contributed by atoms with Crippen LogP contribution in [0.2, 0.25) is 0 Å². The second-order valence-corrected chi connectivity index (χ2v) is 7.04. The number of carbonyl (C=O) groups is 2. The second kappa shape index (κ2) is 6.79. The highest BCUT2D eigenvalue weighted by molar-refractivity contribution is 9.11. The Labute approximate surface area is 139 Å². The van der Waals surface area contributed by atoms with Crippen LogP contribution in [0.3, 0.4) is 0 Å². The van der Waals surface area contributed by atoms with Crippen molar-refractivity contribution in [3.05, 3.63) is 26.6 Å². The number of hydrogen-bond donors (Lipinski definition) is 3. The standard InChI is InChI=1S/C14H16Br2N2O3/c1-7(8-2-3-8)6-17-14(21)18-12-10(13(19)20)4-9(15)5-11(12)16/h4-5,7-8H,2-3,6H2,1H3,(H,19,20)(H2,17,18,21). The van der Waals surface area contributed by atoms with Gasteiger partial charge in [0.25, 0.3) is 0 Å². The lowest BCUT2D eigenvalue weighted by Gasteiger charge is -2.14. The number of aromatic carboxylic acids is 1. The third kappa shape index (κ3) is 4.44. The minimum absolute atomic E-state index is 0.0293. The third-order valence-electron chi connectivity index (χ3n) is 3.54. The third-order valence-corrected chi connectivity index (χ3v) is 4.62. The lowest BCUT2D eigenvalue weighted by molar-refractivity contribution is 0.0698. The molecule has 0 aromatic heterocycles. The molecule has 0 saturated heterocycles. The van der Waals surface area contributed by atoms with E-state index in [-0.39, 0.29) is 11.3 Å². The second-order valence-electron chi connectivity index (χ2n) is 5.27. The number of rotatable bonds is 5. The maximum Gasteiger partial charge on any atom is 0.337 e. The van der Waals surface area contributed by atoms with Gasteiger partial charge in [0.05, 0.1) is 11.3 Å². The molecule has 0 heterocycles. The molecule has 1 atom stereocenters. The molecular formula is C14H16Br2N2O3. The highest BCUT2D eigenvalue weighted by atomic mass is 79.9. The maximum atomic E-state index is 11.9. The van der Waals surface area contributed by atoms with Crippen LogP contribution in [0.25, 0.3) is 0 Å². The molecule has 0 bridgehead atoms. The predicted molar refractivity (Wildman–Crippen MR) is 87.7 cm³/mol. The molecule has 5 nitrogen and oxygen atoms in total. The average Bonchev–Trinajstić information content (AvgIpc) is 3.22. The smallest absolute Gasteiger partial charge is 0.337 e. The average molecular weight is 420 g/mol. The van der Waals surface area contributed by atoms with E-state index in [1.54, 1.807) is 6.07 Å². The van der Waals surface area contributed by atoms with Crippen LogP contribution in [0.5, 0.6) is 0 Å². The molecule has 1 aliphatic rings. The van der Waals surface area contributed by atoms with Gasteiger partial charge < -0.3 is 15.7 Å². The Morgan fingerprint density at radius 2 is 2.05 bits per heavy atom. The highest BCUT2D eigenvalue weighted by Gasteiger charge is 2.28. The molecule has 2 amide bonds. The number of urea groups is 1. The lowest BCUT2D eigenvalue weighted by atomic mass is 10.1. The number of amides is 2. The fourth-order valence-corrected chi connectivity index (χ4v) is 3.44. The zero-order valence-electron chi connectivity index (χ0n) is 11.5. The van der Waals surface area contributed by atoms with Crippen LogP contribution in [0.4, 0.5) is 10.5 Å². The number of carboxylic acids is 1. The van der Waals surface area contributed by atoms with Crippen LogP contribution < -0.4 is 10.6 Å². The summed E-state index contributed by atoms with van der Waals surface area (Å²) in [5.74, 6) is 0.0565. The van der Waals surface area contributed by atoms with Gasteiger partial charge in [0, 0.05) is 15.5 Å². The minimum Gasteiger partial charge on any atom is -0.478 e. The van der Waals surface area contributed by atoms with Gasteiger partial charge in [-0.3, -0.25) is 0 Å². The van der Waals surface area contributed by atoms with Crippen molar-refractivity contribution in [2.45, 2.75) is 19.8 Å². The van der Waals surface area contributed by atoms with Crippen molar-refractivity contribution in [3.63, 3.8) is 0 Å². The van der Waals surface area contributed by atoms with Crippen LogP contribution in [0.15, 0.2) is 21.1 Å². The number of benzene rings is 1. The van der Waals surface area contributed by atoms with Crippen LogP contribution in [-0.2, 0) is 0 Å². The van der Waals surface area contributed by atoms with Crippen LogP contribution in [0, 0.1) is 11.8 Å². The Hall–Kier alpha value is -1.08. The predicted octanol–water partition coefficient (Wildman–Crippen LogP) is 4.08. The van der Waals surface area contributed by atoms with E-state index in [1.165, 1.54) is 18.9 Å². The van der Waals surface area contributed by atoms with E-state index in [1.807, 2.05) is 0 Å². The SMILES string of the molecule is CC(CNC(=O)Nc1c(Br)cc(Br)cc1C(=O)O)C1CC1. The Morgan fingerprint density at radius 3 is 2.62 bits per heavy atom. The molecule has 1 unspecified atom stereocenters. The Kier molecular flexibility index (Phi) is 5.27. The number of anilines is 1. The van der Waals surface area contributed by atoms with Gasteiger partial charge in [-0.05, 0) is 52.7 Å². The molecule has 7 heteroatoms. The molecule has 0 spiro atoms. The zero-order valence-corrected chi connectivity index (χ0v) is 14.6. The minimum atomic E-state index is -1.10. The molecule has 1 aliphatic carbocycles. The summed E-state index contributed by atoms with van der Waals surface area (Å²) in [6, 6.07) is 2.75. The molecule has 2 rings (SSSR count). The van der Waals surface area contributed by atoms with Gasteiger partial charge in [-0.25, -0.2) is 9.59 Å². The van der Waals surface area contributed by atoms with Gasteiger partial charge in [0.2, 0.25) is 0 Å². The summed E-state index contributed by atoms with van der Waals surface area (Å²) in [5.41, 5.74) is 0.281. The summed E-state index contributed by atoms with van der Waals surface area (Å²) in [4.78, 5) is 23.2. The molecule has 1 aromatic carbocycles. The largest absolute Gasteiger partial charge is 0.478 e. The molecule has 1 saturated carbocycles. The van der Waals surface area contributed by atoms with E-state index in [2.05, 4.69) is 49.4 Å². The van der Waals surface area contributed by atoms with Crippen molar-refractivity contribution in [2.24, 2.45) is 11.8 Å². The Morgan fingerprint density at radius 1 is 1.38 bits per heavy atom. The molecular weight excluding hydrogens is 404 g/mol. The van der Waals surface area contributed by atoms with Crippen molar-refractivity contribution in [3.8, 4) is 0 Å². The highest BCUT2D eigenvalue weighted by Crippen LogP contribution is 2.36. The van der Waals surface area contributed by atoms with Crippen molar-refractivity contribution in [1.29, 1.82) is 0 Å². The summed E-state index contributed by atoms with van der Waals surface area (Å²) in [6.07, 6.45) is 2.46. The number of nitrogens with one attached hydrogen (secondary N) is 2. The molecule has 1 fully saturated rings. The van der Waals surface area contributed by atoms with Gasteiger partial charge in [-0.2, -0.15) is 0 Å². The fourth-order valence-electron chi connectivity index (χ4n) is 2.11. The van der Waals surface area contributed by atoms with E-state index in [4.69, 9.17) is 0 Å². The summed E-state index contributed by atoms with van der Waals surface area (Å²) in [7, 11) is 0. The van der Waals surface area contributed by atoms with Crippen LogP contribution in [0.1, 0.15) is 30.1 Å². The zero-order chi connectivity index (χ0) is 15.6. The lowest BCUT2D eigenvalue weighted by Crippen LogP contribution is -2.33. The van der Waals surface area contributed by atoms with E-state index in [9.17, 15) is 14.7 Å². The van der Waals surface area contributed by atoms with Gasteiger partial charge >= 0.3 is 12.0 Å². The first-order valence-electron chi connectivity index (χ1n) is 6.65. The van der Waals surface area contributed by atoms with Crippen molar-refractivity contribution in [2.75, 3.05) is 11.9 Å². The van der Waals surface area contributed by atoms with E-state index < -0.39 is 12.0 Å². The van der Waals surface area contributed by atoms with Gasteiger partial charge in [-0.15, -0.1) is 0 Å². The van der Waals surface area contributed by atoms with Gasteiger partial charge in [0.15, 0.2) is 0 Å². The number of hydrogen-bond acceptors (Lipinski definition) is 2. The Balaban J connectivity index is 2.04. The van der Waals surface area contributed by atoms with Crippen molar-refractivity contribution < 1.29 is 14.7 Å². The summed E-state index contributed by atoms with van der Waals surface area (Å²) < 4.78 is 1.14. The van der Waals surface area contributed by atoms with Crippen molar-refractivity contribution in [1.82, 2.24) is 5.32 Å². The maximum absolute atomic E-state index is 11.9. The first kappa shape index (κ1) is 16.3. The number of carboxylic acid groups (broad SMARTS) is 1. The molecule has 3 N–H and O–H groups in total. The van der Waals surface area contributed by atoms with Crippen LogP contribution >= 0.6 is 31.9 Å². The monoisotopic (exact) mass is 418 g/mol. The first-order chi connectivity index (χ1) is 9.88. The van der Waals surface area contributed by atoms with Gasteiger partial charge in [-0.1, -0.05) is 22.9 Å². The number of carbonyl (C=O) groups excluding carboxylic acids is 1. The molecule has 114 valence electrons.